The summed E-state index contributed by atoms with van der Waals surface area (Å²) in [6, 6.07) is 3.48. The van der Waals surface area contributed by atoms with Gasteiger partial charge in [-0.2, -0.15) is 0 Å². The molecule has 0 radical (unpaired) electrons. The number of phenolic OH excluding ortho intramolecular Hbond substituents is 1. The minimum atomic E-state index is 0.0636. The van der Waals surface area contributed by atoms with Crippen LogP contribution < -0.4 is 5.32 Å². The number of nitrogens with zero attached hydrogens (tertiary/aromatic N) is 1. The first kappa shape index (κ1) is 20.1. The molecule has 1 saturated carbocycles. The first-order valence-electron chi connectivity index (χ1n) is 9.82. The van der Waals surface area contributed by atoms with Crippen molar-refractivity contribution in [2.24, 2.45) is 11.3 Å². The number of amides is 1. The number of likely N-dealkylation sites (tertiary alicyclic amines) is 1. The van der Waals surface area contributed by atoms with Gasteiger partial charge in [-0.3, -0.25) is 4.79 Å². The van der Waals surface area contributed by atoms with Gasteiger partial charge in [0, 0.05) is 24.2 Å². The van der Waals surface area contributed by atoms with Gasteiger partial charge in [0.2, 0.25) is 5.91 Å². The highest BCUT2D eigenvalue weighted by atomic mass is 35.5. The number of benzene rings is 1. The van der Waals surface area contributed by atoms with Crippen LogP contribution >= 0.6 is 11.6 Å². The van der Waals surface area contributed by atoms with E-state index < -0.39 is 0 Å². The van der Waals surface area contributed by atoms with Gasteiger partial charge in [0.15, 0.2) is 0 Å². The number of aromatic hydroxyl groups is 1. The molecule has 1 aliphatic carbocycles. The number of hydrogen-bond donors (Lipinski definition) is 2. The molecule has 2 fully saturated rings. The summed E-state index contributed by atoms with van der Waals surface area (Å²) in [5, 5.41) is 13.9. The Bertz CT molecular complexity index is 740. The van der Waals surface area contributed by atoms with Crippen molar-refractivity contribution in [2.45, 2.75) is 51.9 Å². The van der Waals surface area contributed by atoms with Crippen LogP contribution in [0.15, 0.2) is 24.8 Å². The molecule has 1 atom stereocenters. The van der Waals surface area contributed by atoms with Gasteiger partial charge >= 0.3 is 0 Å². The molecule has 148 valence electrons. The quantitative estimate of drug-likeness (QED) is 0.533. The molecule has 5 heteroatoms. The number of piperidine rings is 1. The number of hydrogen-bond acceptors (Lipinski definition) is 3. The van der Waals surface area contributed by atoms with Crippen molar-refractivity contribution in [3.63, 3.8) is 0 Å². The molecule has 1 aliphatic heterocycles. The number of phenols is 1. The Kier molecular flexibility index (Phi) is 5.49. The van der Waals surface area contributed by atoms with Crippen LogP contribution in [0.3, 0.4) is 0 Å². The molecule has 1 heterocycles. The largest absolute Gasteiger partial charge is 0.506 e. The third-order valence-electron chi connectivity index (χ3n) is 6.42. The molecule has 2 N–H and O–H groups in total. The van der Waals surface area contributed by atoms with Crippen molar-refractivity contribution in [3.05, 3.63) is 35.4 Å². The van der Waals surface area contributed by atoms with E-state index in [4.69, 9.17) is 11.6 Å². The van der Waals surface area contributed by atoms with Crippen LogP contribution in [0.1, 0.15) is 52.0 Å². The predicted octanol–water partition coefficient (Wildman–Crippen LogP) is 4.96. The van der Waals surface area contributed by atoms with Crippen molar-refractivity contribution >= 4 is 23.2 Å². The van der Waals surface area contributed by atoms with Gasteiger partial charge in [0.25, 0.3) is 0 Å². The Hall–Kier alpha value is -1.68. The second-order valence-corrected chi connectivity index (χ2v) is 9.48. The van der Waals surface area contributed by atoms with E-state index in [0.717, 1.165) is 44.3 Å². The Morgan fingerprint density at radius 3 is 2.70 bits per heavy atom. The topological polar surface area (TPSA) is 52.6 Å². The summed E-state index contributed by atoms with van der Waals surface area (Å²) >= 11 is 6.31. The van der Waals surface area contributed by atoms with E-state index in [1.165, 1.54) is 0 Å². The molecule has 1 aromatic carbocycles. The summed E-state index contributed by atoms with van der Waals surface area (Å²) in [7, 11) is 0. The maximum atomic E-state index is 12.7. The number of allylic oxidation sites excluding steroid dienone is 1. The van der Waals surface area contributed by atoms with Gasteiger partial charge in [0.05, 0.1) is 12.2 Å². The van der Waals surface area contributed by atoms with Crippen LogP contribution in [-0.4, -0.2) is 35.5 Å². The van der Waals surface area contributed by atoms with Gasteiger partial charge in [0.1, 0.15) is 5.75 Å². The lowest BCUT2D eigenvalue weighted by molar-refractivity contribution is -0.133. The van der Waals surface area contributed by atoms with E-state index in [1.807, 2.05) is 17.0 Å². The van der Waals surface area contributed by atoms with Crippen molar-refractivity contribution in [1.29, 1.82) is 0 Å². The van der Waals surface area contributed by atoms with Crippen LogP contribution in [0.4, 0.5) is 5.69 Å². The van der Waals surface area contributed by atoms with Crippen LogP contribution in [0, 0.1) is 11.3 Å². The number of halogens is 1. The molecule has 0 bridgehead atoms. The highest BCUT2D eigenvalue weighted by molar-refractivity contribution is 6.31. The highest BCUT2D eigenvalue weighted by Crippen LogP contribution is 2.51. The summed E-state index contributed by atoms with van der Waals surface area (Å²) in [6.07, 6.45) is 6.18. The zero-order chi connectivity index (χ0) is 19.8. The molecular weight excluding hydrogens is 360 g/mol. The smallest absolute Gasteiger partial charge is 0.241 e. The van der Waals surface area contributed by atoms with Gasteiger partial charge < -0.3 is 15.3 Å². The van der Waals surface area contributed by atoms with E-state index in [0.29, 0.717) is 16.6 Å². The molecule has 3 rings (SSSR count). The molecule has 27 heavy (non-hydrogen) atoms. The first-order chi connectivity index (χ1) is 12.7. The van der Waals surface area contributed by atoms with Crippen LogP contribution in [0.2, 0.25) is 5.02 Å². The lowest BCUT2D eigenvalue weighted by Gasteiger charge is -2.44. The highest BCUT2D eigenvalue weighted by Gasteiger charge is 2.41. The van der Waals surface area contributed by atoms with Crippen molar-refractivity contribution in [1.82, 2.24) is 4.90 Å². The third kappa shape index (κ3) is 4.26. The summed E-state index contributed by atoms with van der Waals surface area (Å²) < 4.78 is 0. The number of carbonyl (C=O) groups is 1. The van der Waals surface area contributed by atoms with E-state index in [-0.39, 0.29) is 29.0 Å². The van der Waals surface area contributed by atoms with Gasteiger partial charge in [-0.1, -0.05) is 38.4 Å². The monoisotopic (exact) mass is 390 g/mol. The molecule has 1 saturated heterocycles. The summed E-state index contributed by atoms with van der Waals surface area (Å²) in [5.41, 5.74) is 1.81. The number of anilines is 1. The van der Waals surface area contributed by atoms with Crippen molar-refractivity contribution in [3.8, 4) is 5.75 Å². The molecule has 1 amide bonds. The maximum Gasteiger partial charge on any atom is 0.241 e. The minimum Gasteiger partial charge on any atom is -0.506 e. The Balaban J connectivity index is 1.64. The zero-order valence-corrected chi connectivity index (χ0v) is 17.4. The normalized spacial score (nSPS) is 23.0. The lowest BCUT2D eigenvalue weighted by atomic mass is 9.72. The predicted molar refractivity (Wildman–Crippen MR) is 111 cm³/mol. The molecule has 4 nitrogen and oxygen atoms in total. The maximum absolute atomic E-state index is 12.7. The van der Waals surface area contributed by atoms with Crippen LogP contribution in [0.25, 0.3) is 0 Å². The molecule has 1 unspecified atom stereocenters. The fourth-order valence-electron chi connectivity index (χ4n) is 4.16. The molecule has 1 aromatic rings. The van der Waals surface area contributed by atoms with E-state index >= 15 is 0 Å². The van der Waals surface area contributed by atoms with Crippen LogP contribution in [0.5, 0.6) is 5.75 Å². The number of nitrogens with one attached hydrogen (secondary N) is 1. The van der Waals surface area contributed by atoms with Gasteiger partial charge in [-0.15, -0.1) is 6.58 Å². The lowest BCUT2D eigenvalue weighted by Crippen LogP contribution is -2.49. The Labute approximate surface area is 167 Å². The molecular formula is C22H31ClN2O2. The van der Waals surface area contributed by atoms with Gasteiger partial charge in [-0.25, -0.2) is 0 Å². The Morgan fingerprint density at radius 1 is 1.41 bits per heavy atom. The minimum absolute atomic E-state index is 0.0636. The average molecular weight is 391 g/mol. The number of rotatable bonds is 6. The average Bonchev–Trinajstić information content (AvgIpc) is 3.33. The SMILES string of the molecule is C=CCC1CCN(C(=O)CNc2cc(C3(C)CC3)c(Cl)cc2O)CC1(C)C. The van der Waals surface area contributed by atoms with Gasteiger partial charge in [-0.05, 0) is 54.1 Å². The Morgan fingerprint density at radius 2 is 2.11 bits per heavy atom. The standard InChI is InChI=1S/C22H31ClN2O2/c1-5-6-15-7-10-25(14-21(15,2)3)20(27)13-24-18-11-16(22(4)8-9-22)17(23)12-19(18)26/h5,11-12,15,24,26H,1,6-10,13-14H2,2-4H3. The summed E-state index contributed by atoms with van der Waals surface area (Å²) in [4.78, 5) is 14.7. The van der Waals surface area contributed by atoms with Crippen LogP contribution in [-0.2, 0) is 10.2 Å². The molecule has 2 aliphatic rings. The van der Waals surface area contributed by atoms with E-state index in [2.05, 4.69) is 32.7 Å². The molecule has 0 spiro atoms. The summed E-state index contributed by atoms with van der Waals surface area (Å²) in [6.45, 7) is 12.2. The second kappa shape index (κ2) is 7.38. The fourth-order valence-corrected chi connectivity index (χ4v) is 4.55. The zero-order valence-electron chi connectivity index (χ0n) is 16.6. The first-order valence-corrected chi connectivity index (χ1v) is 10.2. The second-order valence-electron chi connectivity index (χ2n) is 9.08. The summed E-state index contributed by atoms with van der Waals surface area (Å²) in [5.74, 6) is 0.716. The van der Waals surface area contributed by atoms with E-state index in [1.54, 1.807) is 6.07 Å². The van der Waals surface area contributed by atoms with Crippen molar-refractivity contribution in [2.75, 3.05) is 25.0 Å². The third-order valence-corrected chi connectivity index (χ3v) is 6.73. The molecule has 0 aromatic heterocycles. The fraction of sp³-hybridized carbons (Fsp3) is 0.591. The van der Waals surface area contributed by atoms with Crippen molar-refractivity contribution < 1.29 is 9.90 Å². The van der Waals surface area contributed by atoms with E-state index in [9.17, 15) is 9.90 Å². The number of carbonyl (C=O) groups excluding carboxylic acids is 1.